The van der Waals surface area contributed by atoms with Crippen LogP contribution in [0.2, 0.25) is 0 Å². The minimum Gasteiger partial charge on any atom is -0.379 e. The highest BCUT2D eigenvalue weighted by Crippen LogP contribution is 2.18. The van der Waals surface area contributed by atoms with Gasteiger partial charge in [-0.2, -0.15) is 0 Å². The molecule has 4 nitrogen and oxygen atoms in total. The Labute approximate surface area is 103 Å². The third kappa shape index (κ3) is 3.96. The number of carbonyl (C=O) groups is 1. The summed E-state index contributed by atoms with van der Waals surface area (Å²) < 4.78 is 5.36. The SMILES string of the molecule is CC1CCCNC1CC(=O)NC1CCCOC1. The average Bonchev–Trinajstić information content (AvgIpc) is 2.33. The third-order valence-corrected chi connectivity index (χ3v) is 3.86. The van der Waals surface area contributed by atoms with Crippen molar-refractivity contribution in [1.82, 2.24) is 10.6 Å². The minimum atomic E-state index is 0.173. The summed E-state index contributed by atoms with van der Waals surface area (Å²) in [6.45, 7) is 4.80. The number of hydrogen-bond acceptors (Lipinski definition) is 3. The molecule has 0 radical (unpaired) electrons. The van der Waals surface area contributed by atoms with Crippen LogP contribution in [-0.4, -0.2) is 37.7 Å². The van der Waals surface area contributed by atoms with Gasteiger partial charge in [-0.15, -0.1) is 0 Å². The molecule has 4 heteroatoms. The zero-order valence-corrected chi connectivity index (χ0v) is 10.7. The van der Waals surface area contributed by atoms with Gasteiger partial charge in [0.25, 0.3) is 0 Å². The maximum atomic E-state index is 11.9. The molecule has 2 heterocycles. The molecule has 2 aliphatic rings. The number of nitrogens with one attached hydrogen (secondary N) is 2. The van der Waals surface area contributed by atoms with E-state index in [2.05, 4.69) is 17.6 Å². The van der Waals surface area contributed by atoms with E-state index in [9.17, 15) is 4.79 Å². The van der Waals surface area contributed by atoms with E-state index in [0.717, 1.165) is 26.0 Å². The molecule has 2 aliphatic heterocycles. The highest BCUT2D eigenvalue weighted by atomic mass is 16.5. The van der Waals surface area contributed by atoms with Gasteiger partial charge in [-0.3, -0.25) is 4.79 Å². The van der Waals surface area contributed by atoms with Crippen LogP contribution in [0, 0.1) is 5.92 Å². The molecular formula is C13H24N2O2. The second kappa shape index (κ2) is 6.36. The van der Waals surface area contributed by atoms with Crippen molar-refractivity contribution in [2.45, 2.75) is 51.1 Å². The zero-order valence-electron chi connectivity index (χ0n) is 10.7. The molecule has 17 heavy (non-hydrogen) atoms. The molecule has 2 rings (SSSR count). The fourth-order valence-electron chi connectivity index (χ4n) is 2.73. The molecule has 0 aromatic carbocycles. The molecule has 2 N–H and O–H groups in total. The van der Waals surface area contributed by atoms with Gasteiger partial charge in [0.15, 0.2) is 0 Å². The fourth-order valence-corrected chi connectivity index (χ4v) is 2.73. The van der Waals surface area contributed by atoms with E-state index in [1.54, 1.807) is 0 Å². The lowest BCUT2D eigenvalue weighted by Gasteiger charge is -2.30. The first-order valence-electron chi connectivity index (χ1n) is 6.86. The van der Waals surface area contributed by atoms with Gasteiger partial charge in [0, 0.05) is 19.1 Å². The molecule has 0 aromatic heterocycles. The lowest BCUT2D eigenvalue weighted by atomic mass is 9.90. The van der Waals surface area contributed by atoms with E-state index in [-0.39, 0.29) is 11.9 Å². The molecular weight excluding hydrogens is 216 g/mol. The van der Waals surface area contributed by atoms with Crippen LogP contribution in [0.1, 0.15) is 39.0 Å². The van der Waals surface area contributed by atoms with Crippen LogP contribution in [0.15, 0.2) is 0 Å². The topological polar surface area (TPSA) is 50.4 Å². The van der Waals surface area contributed by atoms with Gasteiger partial charge >= 0.3 is 0 Å². The summed E-state index contributed by atoms with van der Waals surface area (Å²) in [4.78, 5) is 11.9. The Morgan fingerprint density at radius 2 is 2.29 bits per heavy atom. The van der Waals surface area contributed by atoms with Gasteiger partial charge in [-0.1, -0.05) is 6.92 Å². The van der Waals surface area contributed by atoms with E-state index in [1.807, 2.05) is 0 Å². The standard InChI is InChI=1S/C13H24N2O2/c1-10-4-2-6-14-12(10)8-13(16)15-11-5-3-7-17-9-11/h10-12,14H,2-9H2,1H3,(H,15,16). The first kappa shape index (κ1) is 12.8. The third-order valence-electron chi connectivity index (χ3n) is 3.86. The van der Waals surface area contributed by atoms with Crippen molar-refractivity contribution in [2.24, 2.45) is 5.92 Å². The smallest absolute Gasteiger partial charge is 0.221 e. The first-order valence-corrected chi connectivity index (χ1v) is 6.86. The molecule has 0 spiro atoms. The quantitative estimate of drug-likeness (QED) is 0.775. The minimum absolute atomic E-state index is 0.173. The highest BCUT2D eigenvalue weighted by Gasteiger charge is 2.24. The van der Waals surface area contributed by atoms with Gasteiger partial charge in [-0.05, 0) is 38.1 Å². The molecule has 3 atom stereocenters. The van der Waals surface area contributed by atoms with Crippen LogP contribution in [0.25, 0.3) is 0 Å². The summed E-state index contributed by atoms with van der Waals surface area (Å²) in [6, 6.07) is 0.586. The summed E-state index contributed by atoms with van der Waals surface area (Å²) >= 11 is 0. The molecule has 0 aromatic rings. The predicted octanol–water partition coefficient (Wildman–Crippen LogP) is 1.06. The number of carbonyl (C=O) groups excluding carboxylic acids is 1. The van der Waals surface area contributed by atoms with Gasteiger partial charge in [0.2, 0.25) is 5.91 Å². The number of rotatable bonds is 3. The summed E-state index contributed by atoms with van der Waals surface area (Å²) in [5.41, 5.74) is 0. The first-order chi connectivity index (χ1) is 8.25. The maximum Gasteiger partial charge on any atom is 0.221 e. The Hall–Kier alpha value is -0.610. The van der Waals surface area contributed by atoms with Crippen LogP contribution >= 0.6 is 0 Å². The number of hydrogen-bond donors (Lipinski definition) is 2. The highest BCUT2D eigenvalue weighted by molar-refractivity contribution is 5.77. The monoisotopic (exact) mass is 240 g/mol. The Balaban J connectivity index is 1.72. The maximum absolute atomic E-state index is 11.9. The molecule has 1 amide bonds. The lowest BCUT2D eigenvalue weighted by Crippen LogP contribution is -2.46. The van der Waals surface area contributed by atoms with Crippen LogP contribution in [-0.2, 0) is 9.53 Å². The zero-order chi connectivity index (χ0) is 12.1. The van der Waals surface area contributed by atoms with E-state index in [4.69, 9.17) is 4.74 Å². The van der Waals surface area contributed by atoms with Gasteiger partial charge < -0.3 is 15.4 Å². The van der Waals surface area contributed by atoms with Crippen molar-refractivity contribution >= 4 is 5.91 Å². The van der Waals surface area contributed by atoms with Crippen molar-refractivity contribution in [3.8, 4) is 0 Å². The Morgan fingerprint density at radius 3 is 3.00 bits per heavy atom. The summed E-state index contributed by atoms with van der Waals surface area (Å²) in [5, 5.41) is 6.53. The van der Waals surface area contributed by atoms with Crippen molar-refractivity contribution < 1.29 is 9.53 Å². The van der Waals surface area contributed by atoms with E-state index in [1.165, 1.54) is 12.8 Å². The molecule has 0 saturated carbocycles. The van der Waals surface area contributed by atoms with E-state index in [0.29, 0.717) is 25.0 Å². The Kier molecular flexibility index (Phi) is 4.80. The van der Waals surface area contributed by atoms with Gasteiger partial charge in [0.1, 0.15) is 0 Å². The van der Waals surface area contributed by atoms with Crippen molar-refractivity contribution in [2.75, 3.05) is 19.8 Å². The number of amides is 1. The van der Waals surface area contributed by atoms with Crippen LogP contribution in [0.4, 0.5) is 0 Å². The molecule has 2 fully saturated rings. The number of ether oxygens (including phenoxy) is 1. The Morgan fingerprint density at radius 1 is 1.41 bits per heavy atom. The van der Waals surface area contributed by atoms with Crippen LogP contribution in [0.3, 0.4) is 0 Å². The van der Waals surface area contributed by atoms with E-state index < -0.39 is 0 Å². The molecule has 0 aliphatic carbocycles. The largest absolute Gasteiger partial charge is 0.379 e. The van der Waals surface area contributed by atoms with E-state index >= 15 is 0 Å². The summed E-state index contributed by atoms with van der Waals surface area (Å²) in [6.07, 6.45) is 5.19. The van der Waals surface area contributed by atoms with Gasteiger partial charge in [0.05, 0.1) is 12.6 Å². The second-order valence-electron chi connectivity index (χ2n) is 5.37. The molecule has 2 saturated heterocycles. The predicted molar refractivity (Wildman–Crippen MR) is 66.8 cm³/mol. The van der Waals surface area contributed by atoms with Crippen molar-refractivity contribution in [3.63, 3.8) is 0 Å². The van der Waals surface area contributed by atoms with Gasteiger partial charge in [-0.25, -0.2) is 0 Å². The Bertz CT molecular complexity index is 252. The van der Waals surface area contributed by atoms with Crippen LogP contribution < -0.4 is 10.6 Å². The lowest BCUT2D eigenvalue weighted by molar-refractivity contribution is -0.123. The summed E-state index contributed by atoms with van der Waals surface area (Å²) in [7, 11) is 0. The average molecular weight is 240 g/mol. The second-order valence-corrected chi connectivity index (χ2v) is 5.37. The molecule has 98 valence electrons. The molecule has 3 unspecified atom stereocenters. The normalized spacial score (nSPS) is 34.3. The van der Waals surface area contributed by atoms with Crippen molar-refractivity contribution in [3.05, 3.63) is 0 Å². The molecule has 0 bridgehead atoms. The summed E-state index contributed by atoms with van der Waals surface area (Å²) in [5.74, 6) is 0.781. The fraction of sp³-hybridized carbons (Fsp3) is 0.923. The number of piperidine rings is 1. The van der Waals surface area contributed by atoms with Crippen molar-refractivity contribution in [1.29, 1.82) is 0 Å². The van der Waals surface area contributed by atoms with Crippen LogP contribution in [0.5, 0.6) is 0 Å².